The van der Waals surface area contributed by atoms with E-state index in [4.69, 9.17) is 60.9 Å². The van der Waals surface area contributed by atoms with Gasteiger partial charge in [0.2, 0.25) is 71.3 Å². The molecule has 0 radical (unpaired) electrons. The number of unbranched alkanes of at least 4 members (excludes halogenated alkanes) is 4. The standard InChI is InChI=1S/C99H120Cl2N13O28P/c1-49(2)18-9-7-6-8-10-19-72(119)105-81-84(122)86(124)89(97(133)134)141-98(81)140-88-69-42-54-43-70(88)137-65-29-24-53(40-61(65)100)82(120)80-96(132)109-78(91(127)103-30-17-31-111(4)5)59-44-55(116)45-67(138-99-87(125)85(123)83(121)71(48-115)139-99)73(59)58-39-51(22-27-63(58)117)76(93(129)110-80)106-94(130)77(54)107-95(131)79-60-46-57(47-68(74(60)101)142-143(112-32-11-12-33-112,113-34-13-14-35-113)114-36-15-16-37-114)136-66-41-52(23-28-64(66)118)75(102-3)92(128)104-62(90(126)108-79)38-50-20-25-56(135-69)26-21-50/h20-29,39-47,49,62,71,75-87,89,98-99,102,115,120-125H,6-19,30-38,48H2,1-5H3,(H11-,103,104,105,106,107,108,109,110,116,117,118,119,126,127,128,129,130,131,132,133,134)/t62-,71-,75+,76-,77-,78-,79+,80+,81-,82-,83-,84-,85+,86+,87+,89+,98-,99+/m1/s1. The van der Waals surface area contributed by atoms with Crippen LogP contribution in [0.3, 0.4) is 0 Å². The zero-order valence-corrected chi connectivity index (χ0v) is 81.6. The Balaban J connectivity index is 0.935. The SMILES string of the molecule is CN[C@@H]1C(=O)N[C@@H]2Cc3ccc(cc3)Oc3cc4cc(c3O[C@@H]3O[C@H](C(=O)[O-])[C@@H](O)[C@H](O)[C@H]3NC(=O)CCCCCCCC(C)C)Oc3ccc(cc3Cl)[C@@H](O)[C@@H]3NC(=O)[C@H](NC(=O)[C@@H]4NC(=O)[C@@H](NC2=O)c2cc(cc(O[P+](N4CCCC4)(N4CCCC4)N4CCCC4)c2Cl)Oc2cc1ccc2O)c1ccc(O)c(c1)-c1c(O[C@H]2O[C@H](CO)[C@@H](O)[C@H](O)[C@@H]2O)cc(O)cc1[C@H](C(=O)NCCCN(C)C)NC3=O. The summed E-state index contributed by atoms with van der Waals surface area (Å²) in [6, 6.07) is 7.22. The van der Waals surface area contributed by atoms with Crippen LogP contribution >= 0.6 is 31.1 Å². The van der Waals surface area contributed by atoms with E-state index in [1.54, 1.807) is 14.1 Å². The number of aliphatic carboxylic acids is 1. The van der Waals surface area contributed by atoms with Crippen LogP contribution in [-0.4, -0.2) is 277 Å². The van der Waals surface area contributed by atoms with E-state index in [9.17, 15) is 65.8 Å². The minimum absolute atomic E-state index is 0.0820. The van der Waals surface area contributed by atoms with Gasteiger partial charge in [-0.1, -0.05) is 99.5 Å². The maximum atomic E-state index is 17.4. The summed E-state index contributed by atoms with van der Waals surface area (Å²) in [5, 5.41) is 155. The third-order valence-corrected chi connectivity index (χ3v) is 31.6. The molecule has 5 saturated heterocycles. The molecule has 11 aliphatic rings. The van der Waals surface area contributed by atoms with Gasteiger partial charge in [-0.2, -0.15) is 0 Å². The highest BCUT2D eigenvalue weighted by molar-refractivity contribution is 7.64. The molecule has 44 heteroatoms. The number of aromatic hydroxyl groups is 3. The number of hydrogen-bond donors (Lipinski definition) is 19. The topological polar surface area (TPSA) is 574 Å². The molecule has 7 aromatic carbocycles. The van der Waals surface area contributed by atoms with E-state index in [0.717, 1.165) is 119 Å². The fraction of sp³-hybridized carbons (Fsp3) is 0.485. The zero-order valence-electron chi connectivity index (χ0n) is 79.2. The Morgan fingerprint density at radius 2 is 1.17 bits per heavy atom. The lowest BCUT2D eigenvalue weighted by Crippen LogP contribution is -2.67. The van der Waals surface area contributed by atoms with Crippen LogP contribution in [0.5, 0.6) is 69.0 Å². The Hall–Kier alpha value is -11.6. The van der Waals surface area contributed by atoms with Crippen LogP contribution in [0.25, 0.3) is 11.1 Å². The van der Waals surface area contributed by atoms with Gasteiger partial charge in [-0.15, -0.1) is 14.0 Å². The van der Waals surface area contributed by atoms with Gasteiger partial charge in [0.15, 0.2) is 23.0 Å². The smallest absolute Gasteiger partial charge is 0.417 e. The number of likely N-dealkylation sites (N-methyl/N-ethyl adjacent to an activating group) is 1. The van der Waals surface area contributed by atoms with E-state index in [0.29, 0.717) is 70.1 Å². The first-order valence-electron chi connectivity index (χ1n) is 48.1. The van der Waals surface area contributed by atoms with Crippen molar-refractivity contribution in [1.82, 2.24) is 66.8 Å². The van der Waals surface area contributed by atoms with Crippen LogP contribution in [-0.2, 0) is 59.0 Å². The van der Waals surface area contributed by atoms with Crippen molar-refractivity contribution in [1.29, 1.82) is 0 Å². The Morgan fingerprint density at radius 3 is 1.83 bits per heavy atom. The van der Waals surface area contributed by atoms with Gasteiger partial charge in [-0.25, -0.2) is 0 Å². The van der Waals surface area contributed by atoms with Crippen molar-refractivity contribution in [3.63, 3.8) is 0 Å². The summed E-state index contributed by atoms with van der Waals surface area (Å²) in [4.78, 5) is 144. The van der Waals surface area contributed by atoms with Crippen molar-refractivity contribution < 1.29 is 137 Å². The quantitative estimate of drug-likeness (QED) is 0.0248. The molecule has 11 aliphatic heterocycles. The van der Waals surface area contributed by atoms with Gasteiger partial charge in [0.25, 0.3) is 0 Å². The number of carbonyl (C=O) groups is 9. The number of carboxylic acids is 1. The third-order valence-electron chi connectivity index (χ3n) is 27.0. The molecule has 7 aromatic rings. The van der Waals surface area contributed by atoms with Crippen LogP contribution in [0.4, 0.5) is 0 Å². The predicted molar refractivity (Wildman–Crippen MR) is 513 cm³/mol. The summed E-state index contributed by atoms with van der Waals surface area (Å²) < 4.78 is 60.4. The predicted octanol–water partition coefficient (Wildman–Crippen LogP) is 5.08. The Labute approximate surface area is 834 Å². The summed E-state index contributed by atoms with van der Waals surface area (Å²) in [5.74, 6) is -16.3. The van der Waals surface area contributed by atoms with Crippen LogP contribution in [0.1, 0.15) is 179 Å². The first kappa shape index (κ1) is 104. The molecule has 0 saturated carbocycles. The van der Waals surface area contributed by atoms with E-state index in [-0.39, 0.29) is 70.5 Å². The van der Waals surface area contributed by atoms with Crippen molar-refractivity contribution in [3.05, 3.63) is 164 Å². The summed E-state index contributed by atoms with van der Waals surface area (Å²) in [6.07, 6.45) is -12.3. The fourth-order valence-corrected chi connectivity index (χ4v) is 24.3. The number of carboxylic acid groups (broad SMARTS) is 1. The summed E-state index contributed by atoms with van der Waals surface area (Å²) in [6.45, 7) is 7.25. The average molecular weight is 2040 g/mol. The molecular weight excluding hydrogens is 1920 g/mol. The highest BCUT2D eigenvalue weighted by Gasteiger charge is 2.63. The van der Waals surface area contributed by atoms with Gasteiger partial charge in [0, 0.05) is 87.5 Å². The number of carbonyl (C=O) groups excluding carboxylic acids is 9. The number of nitrogens with one attached hydrogen (secondary N) is 9. The highest BCUT2D eigenvalue weighted by atomic mass is 35.5. The molecule has 0 unspecified atom stereocenters. The lowest BCUT2D eigenvalue weighted by molar-refractivity contribution is -0.336. The number of fused-ring (bicyclic) bond motifs is 14. The van der Waals surface area contributed by atoms with Gasteiger partial charge in [-0.3, -0.25) is 42.9 Å². The van der Waals surface area contributed by atoms with Crippen LogP contribution in [0.2, 0.25) is 10.0 Å². The average Bonchev–Trinajstić information content (AvgIpc) is 1.67. The molecule has 18 rings (SSSR count). The van der Waals surface area contributed by atoms with Crippen molar-refractivity contribution in [2.75, 3.05) is 80.1 Å². The van der Waals surface area contributed by atoms with Crippen LogP contribution < -0.4 is 81.2 Å². The molecule has 0 aromatic heterocycles. The molecular formula is C99H120Cl2N13O28P. The molecule has 0 aliphatic carbocycles. The molecule has 143 heavy (non-hydrogen) atoms. The molecule has 0 spiro atoms. The molecule has 5 fully saturated rings. The Morgan fingerprint density at radius 1 is 0.559 bits per heavy atom. The molecule has 11 heterocycles. The first-order valence-corrected chi connectivity index (χ1v) is 50.5. The van der Waals surface area contributed by atoms with Crippen molar-refractivity contribution in [2.24, 2.45) is 5.92 Å². The Kier molecular flexibility index (Phi) is 33.1. The van der Waals surface area contributed by atoms with Crippen molar-refractivity contribution in [2.45, 2.75) is 220 Å². The molecule has 19 N–H and O–H groups in total. The van der Waals surface area contributed by atoms with Crippen molar-refractivity contribution >= 4 is 84.4 Å². The van der Waals surface area contributed by atoms with Gasteiger partial charge >= 0.3 is 7.94 Å². The number of halogens is 2. The summed E-state index contributed by atoms with van der Waals surface area (Å²) >= 11 is 15.5. The number of amides is 8. The normalized spacial score (nSPS) is 26.6. The fourth-order valence-electron chi connectivity index (χ4n) is 19.5. The molecule has 18 atom stereocenters. The number of benzene rings is 7. The van der Waals surface area contributed by atoms with Crippen LogP contribution in [0.15, 0.2) is 115 Å². The van der Waals surface area contributed by atoms with Gasteiger partial charge in [0.1, 0.15) is 132 Å². The van der Waals surface area contributed by atoms with E-state index < -0.39 is 256 Å². The second-order valence-electron chi connectivity index (χ2n) is 37.9. The number of ether oxygens (including phenoxy) is 7. The minimum atomic E-state index is -3.22. The second kappa shape index (κ2) is 45.4. The van der Waals surface area contributed by atoms with E-state index in [1.807, 2.05) is 4.90 Å². The van der Waals surface area contributed by atoms with E-state index in [2.05, 4.69) is 75.7 Å². The highest BCUT2D eigenvalue weighted by Crippen LogP contribution is 2.71. The van der Waals surface area contributed by atoms with Crippen molar-refractivity contribution in [3.8, 4) is 80.1 Å². The number of phenols is 3. The zero-order chi connectivity index (χ0) is 102. The maximum absolute atomic E-state index is 17.4. The molecule has 8 amide bonds. The maximum Gasteiger partial charge on any atom is 0.417 e. The van der Waals surface area contributed by atoms with Crippen LogP contribution in [0, 0.1) is 5.92 Å². The minimum Gasteiger partial charge on any atom is -0.547 e. The summed E-state index contributed by atoms with van der Waals surface area (Å²) in [5.41, 5.74) is -2.30. The number of hydrogen-bond acceptors (Lipinski definition) is 33. The Bertz CT molecular complexity index is 5840. The van der Waals surface area contributed by atoms with Gasteiger partial charge in [-0.05, 0) is 191 Å². The molecule has 17 bridgehead atoms. The van der Waals surface area contributed by atoms with Gasteiger partial charge < -0.3 is 147 Å². The number of rotatable bonds is 26. The largest absolute Gasteiger partial charge is 0.547 e. The monoisotopic (exact) mass is 2040 g/mol. The lowest BCUT2D eigenvalue weighted by atomic mass is 9.89. The summed E-state index contributed by atoms with van der Waals surface area (Å²) in [7, 11) is 1.81. The number of aliphatic hydroxyl groups excluding tert-OH is 7. The lowest BCUT2D eigenvalue weighted by Gasteiger charge is -2.43. The number of aliphatic hydroxyl groups is 7. The van der Waals surface area contributed by atoms with E-state index >= 15 is 33.6 Å². The third kappa shape index (κ3) is 22.9. The molecule has 41 nitrogen and oxygen atoms in total. The molecule has 768 valence electrons. The second-order valence-corrected chi connectivity index (χ2v) is 41.6. The van der Waals surface area contributed by atoms with Gasteiger partial charge in [0.05, 0.1) is 22.6 Å². The van der Waals surface area contributed by atoms with E-state index in [1.165, 1.54) is 67.7 Å². The number of phenolic OH excluding ortho intramolecular Hbond substituents is 3. The number of nitrogens with zero attached hydrogens (tertiary/aromatic N) is 4. The first-order chi connectivity index (χ1) is 68.6.